The van der Waals surface area contributed by atoms with Crippen LogP contribution in [0.3, 0.4) is 0 Å². The van der Waals surface area contributed by atoms with E-state index in [1.807, 2.05) is 18.2 Å². The molecule has 2 N–H and O–H groups in total. The van der Waals surface area contributed by atoms with E-state index in [4.69, 9.17) is 0 Å². The lowest BCUT2D eigenvalue weighted by molar-refractivity contribution is -0.116. The minimum atomic E-state index is 0.0782. The first-order valence-electron chi connectivity index (χ1n) is 6.11. The number of hydrogen-bond acceptors (Lipinski definition) is 2. The molecule has 1 unspecified atom stereocenters. The minimum absolute atomic E-state index is 0.0782. The van der Waals surface area contributed by atoms with Gasteiger partial charge in [-0.25, -0.2) is 0 Å². The van der Waals surface area contributed by atoms with Gasteiger partial charge in [0.2, 0.25) is 5.91 Å². The third kappa shape index (κ3) is 3.80. The van der Waals surface area contributed by atoms with Gasteiger partial charge in [-0.1, -0.05) is 6.07 Å². The summed E-state index contributed by atoms with van der Waals surface area (Å²) in [6.45, 7) is 2.13. The van der Waals surface area contributed by atoms with Crippen LogP contribution in [0.5, 0.6) is 0 Å². The standard InChI is InChI=1S/C13H16Br2N2O/c14-10-2-1-3-11(15)13(10)17-12(18)5-4-9-6-7-16-8-9/h1-3,9,16H,4-8H2,(H,17,18). The van der Waals surface area contributed by atoms with Gasteiger partial charge in [0.25, 0.3) is 0 Å². The third-order valence-electron chi connectivity index (χ3n) is 3.17. The molecule has 1 saturated heterocycles. The normalized spacial score (nSPS) is 18.9. The number of amides is 1. The van der Waals surface area contributed by atoms with Crippen molar-refractivity contribution in [2.75, 3.05) is 18.4 Å². The summed E-state index contributed by atoms with van der Waals surface area (Å²) in [6, 6.07) is 5.76. The number of anilines is 1. The maximum absolute atomic E-state index is 11.9. The van der Waals surface area contributed by atoms with E-state index in [2.05, 4.69) is 42.5 Å². The van der Waals surface area contributed by atoms with Crippen LogP contribution in [-0.2, 0) is 4.79 Å². The van der Waals surface area contributed by atoms with Gasteiger partial charge < -0.3 is 10.6 Å². The Morgan fingerprint density at radius 3 is 2.72 bits per heavy atom. The zero-order chi connectivity index (χ0) is 13.0. The first-order valence-corrected chi connectivity index (χ1v) is 7.70. The third-order valence-corrected chi connectivity index (χ3v) is 4.49. The molecule has 1 amide bonds. The number of halogens is 2. The number of nitrogens with one attached hydrogen (secondary N) is 2. The number of rotatable bonds is 4. The summed E-state index contributed by atoms with van der Waals surface area (Å²) in [7, 11) is 0. The first-order chi connectivity index (χ1) is 8.66. The van der Waals surface area contributed by atoms with Crippen molar-refractivity contribution < 1.29 is 4.79 Å². The summed E-state index contributed by atoms with van der Waals surface area (Å²) in [5.74, 6) is 0.730. The molecule has 0 bridgehead atoms. The lowest BCUT2D eigenvalue weighted by Gasteiger charge is -2.11. The molecule has 1 heterocycles. The molecular formula is C13H16Br2N2O. The largest absolute Gasteiger partial charge is 0.324 e. The van der Waals surface area contributed by atoms with Crippen molar-refractivity contribution in [2.45, 2.75) is 19.3 Å². The second-order valence-corrected chi connectivity index (χ2v) is 6.25. The molecule has 2 rings (SSSR count). The molecule has 1 aromatic carbocycles. The average molecular weight is 376 g/mol. The highest BCUT2D eigenvalue weighted by atomic mass is 79.9. The molecule has 1 aliphatic heterocycles. The van der Waals surface area contributed by atoms with Crippen molar-refractivity contribution in [3.63, 3.8) is 0 Å². The zero-order valence-electron chi connectivity index (χ0n) is 10.0. The van der Waals surface area contributed by atoms with Crippen LogP contribution in [0.25, 0.3) is 0 Å². The number of hydrogen-bond donors (Lipinski definition) is 2. The van der Waals surface area contributed by atoms with Gasteiger partial charge in [0.15, 0.2) is 0 Å². The molecule has 0 aromatic heterocycles. The summed E-state index contributed by atoms with van der Waals surface area (Å²) in [4.78, 5) is 11.9. The van der Waals surface area contributed by atoms with Crippen LogP contribution >= 0.6 is 31.9 Å². The van der Waals surface area contributed by atoms with Crippen LogP contribution in [0.4, 0.5) is 5.69 Å². The Labute approximate surface area is 124 Å². The van der Waals surface area contributed by atoms with E-state index in [1.54, 1.807) is 0 Å². The van der Waals surface area contributed by atoms with Crippen molar-refractivity contribution in [1.29, 1.82) is 0 Å². The molecule has 1 aliphatic rings. The Bertz CT molecular complexity index is 411. The van der Waals surface area contributed by atoms with Gasteiger partial charge >= 0.3 is 0 Å². The van der Waals surface area contributed by atoms with Gasteiger partial charge in [-0.15, -0.1) is 0 Å². The highest BCUT2D eigenvalue weighted by Gasteiger charge is 2.16. The Hall–Kier alpha value is -0.390. The smallest absolute Gasteiger partial charge is 0.224 e. The lowest BCUT2D eigenvalue weighted by atomic mass is 10.0. The first kappa shape index (κ1) is 14.0. The van der Waals surface area contributed by atoms with E-state index in [0.29, 0.717) is 12.3 Å². The van der Waals surface area contributed by atoms with E-state index in [-0.39, 0.29) is 5.91 Å². The topological polar surface area (TPSA) is 41.1 Å². The van der Waals surface area contributed by atoms with Crippen molar-refractivity contribution >= 4 is 43.5 Å². The Morgan fingerprint density at radius 1 is 1.39 bits per heavy atom. The monoisotopic (exact) mass is 374 g/mol. The second kappa shape index (κ2) is 6.68. The number of carbonyl (C=O) groups is 1. The number of benzene rings is 1. The molecule has 0 spiro atoms. The fourth-order valence-corrected chi connectivity index (χ4v) is 3.31. The van der Waals surface area contributed by atoms with Gasteiger partial charge in [0.05, 0.1) is 5.69 Å². The highest BCUT2D eigenvalue weighted by molar-refractivity contribution is 9.11. The van der Waals surface area contributed by atoms with Crippen LogP contribution in [0.2, 0.25) is 0 Å². The summed E-state index contributed by atoms with van der Waals surface area (Å²) in [5.41, 5.74) is 0.812. The van der Waals surface area contributed by atoms with Gasteiger partial charge in [0.1, 0.15) is 0 Å². The Balaban J connectivity index is 1.86. The summed E-state index contributed by atoms with van der Waals surface area (Å²) >= 11 is 6.88. The van der Waals surface area contributed by atoms with Gasteiger partial charge in [-0.05, 0) is 75.8 Å². The Kier molecular flexibility index (Phi) is 5.21. The van der Waals surface area contributed by atoms with E-state index >= 15 is 0 Å². The van der Waals surface area contributed by atoms with Crippen molar-refractivity contribution in [1.82, 2.24) is 5.32 Å². The van der Waals surface area contributed by atoms with E-state index in [0.717, 1.165) is 34.1 Å². The molecule has 1 fully saturated rings. The molecule has 1 atom stereocenters. The molecule has 98 valence electrons. The van der Waals surface area contributed by atoms with Crippen LogP contribution < -0.4 is 10.6 Å². The van der Waals surface area contributed by atoms with E-state index in [9.17, 15) is 4.79 Å². The molecule has 3 nitrogen and oxygen atoms in total. The van der Waals surface area contributed by atoms with Gasteiger partial charge in [-0.2, -0.15) is 0 Å². The molecule has 0 radical (unpaired) electrons. The quantitative estimate of drug-likeness (QED) is 0.844. The molecule has 5 heteroatoms. The summed E-state index contributed by atoms with van der Waals surface area (Å²) < 4.78 is 1.79. The van der Waals surface area contributed by atoms with E-state index in [1.165, 1.54) is 6.42 Å². The van der Waals surface area contributed by atoms with Crippen molar-refractivity contribution in [2.24, 2.45) is 5.92 Å². The van der Waals surface area contributed by atoms with Crippen LogP contribution in [0, 0.1) is 5.92 Å². The van der Waals surface area contributed by atoms with Crippen LogP contribution in [0.15, 0.2) is 27.1 Å². The fraction of sp³-hybridized carbons (Fsp3) is 0.462. The van der Waals surface area contributed by atoms with Crippen LogP contribution in [0.1, 0.15) is 19.3 Å². The minimum Gasteiger partial charge on any atom is -0.324 e. The zero-order valence-corrected chi connectivity index (χ0v) is 13.2. The molecule has 0 aliphatic carbocycles. The highest BCUT2D eigenvalue weighted by Crippen LogP contribution is 2.30. The SMILES string of the molecule is O=C(CCC1CCNC1)Nc1c(Br)cccc1Br. The maximum atomic E-state index is 11.9. The van der Waals surface area contributed by atoms with Crippen LogP contribution in [-0.4, -0.2) is 19.0 Å². The Morgan fingerprint density at radius 2 is 2.11 bits per heavy atom. The average Bonchev–Trinajstić information content (AvgIpc) is 2.84. The molecule has 0 saturated carbocycles. The second-order valence-electron chi connectivity index (χ2n) is 4.54. The predicted octanol–water partition coefficient (Wildman–Crippen LogP) is 3.54. The molecule has 1 aromatic rings. The van der Waals surface area contributed by atoms with Crippen molar-refractivity contribution in [3.05, 3.63) is 27.1 Å². The molecule has 18 heavy (non-hydrogen) atoms. The number of para-hydroxylation sites is 1. The summed E-state index contributed by atoms with van der Waals surface area (Å²) in [5, 5.41) is 6.27. The lowest BCUT2D eigenvalue weighted by Crippen LogP contribution is -2.15. The maximum Gasteiger partial charge on any atom is 0.224 e. The molecular weight excluding hydrogens is 360 g/mol. The summed E-state index contributed by atoms with van der Waals surface area (Å²) in [6.07, 6.45) is 2.73. The van der Waals surface area contributed by atoms with Gasteiger partial charge in [-0.3, -0.25) is 4.79 Å². The number of carbonyl (C=O) groups excluding carboxylic acids is 1. The van der Waals surface area contributed by atoms with E-state index < -0.39 is 0 Å². The van der Waals surface area contributed by atoms with Crippen molar-refractivity contribution in [3.8, 4) is 0 Å². The van der Waals surface area contributed by atoms with Gasteiger partial charge in [0, 0.05) is 15.4 Å². The fourth-order valence-electron chi connectivity index (χ4n) is 2.12. The predicted molar refractivity (Wildman–Crippen MR) is 80.7 cm³/mol.